The van der Waals surface area contributed by atoms with Gasteiger partial charge in [0.15, 0.2) is 0 Å². The Labute approximate surface area is 97.4 Å². The van der Waals surface area contributed by atoms with E-state index in [2.05, 4.69) is 4.98 Å². The first-order valence-corrected chi connectivity index (χ1v) is 5.07. The largest absolute Gasteiger partial charge is 0.497 e. The number of ether oxygens (including phenoxy) is 1. The van der Waals surface area contributed by atoms with Crippen LogP contribution < -0.4 is 4.74 Å². The van der Waals surface area contributed by atoms with Crippen LogP contribution in [0.3, 0.4) is 0 Å². The fraction of sp³-hybridized carbons (Fsp3) is 0.182. The number of aromatic nitrogens is 2. The molecule has 2 rings (SSSR count). The SMILES string of the molecule is COc1ccc(Cn2ccnc2Cl)c(F)c1. The van der Waals surface area contributed by atoms with Crippen molar-refractivity contribution in [1.82, 2.24) is 9.55 Å². The molecule has 1 aromatic carbocycles. The van der Waals surface area contributed by atoms with Crippen LogP contribution in [0.15, 0.2) is 30.6 Å². The first kappa shape index (κ1) is 11.0. The van der Waals surface area contributed by atoms with Gasteiger partial charge in [0.25, 0.3) is 0 Å². The van der Waals surface area contributed by atoms with Crippen molar-refractivity contribution in [2.75, 3.05) is 7.11 Å². The zero-order valence-electron chi connectivity index (χ0n) is 8.65. The van der Waals surface area contributed by atoms with E-state index in [1.807, 2.05) is 0 Å². The molecule has 2 aromatic rings. The number of halogens is 2. The highest BCUT2D eigenvalue weighted by Gasteiger charge is 2.06. The maximum atomic E-state index is 13.6. The minimum absolute atomic E-state index is 0.316. The molecule has 16 heavy (non-hydrogen) atoms. The Bertz CT molecular complexity index is 498. The van der Waals surface area contributed by atoms with Gasteiger partial charge in [-0.2, -0.15) is 0 Å². The summed E-state index contributed by atoms with van der Waals surface area (Å²) in [6, 6.07) is 4.73. The van der Waals surface area contributed by atoms with Crippen molar-refractivity contribution in [1.29, 1.82) is 0 Å². The Morgan fingerprint density at radius 3 is 2.88 bits per heavy atom. The van der Waals surface area contributed by atoms with E-state index in [0.717, 1.165) is 0 Å². The van der Waals surface area contributed by atoms with E-state index in [-0.39, 0.29) is 5.82 Å². The molecule has 0 atom stereocenters. The summed E-state index contributed by atoms with van der Waals surface area (Å²) in [4.78, 5) is 3.86. The van der Waals surface area contributed by atoms with Crippen molar-refractivity contribution < 1.29 is 9.13 Å². The van der Waals surface area contributed by atoms with E-state index in [1.54, 1.807) is 29.1 Å². The second-order valence-corrected chi connectivity index (χ2v) is 3.62. The second kappa shape index (κ2) is 4.53. The molecular weight excluding hydrogens is 231 g/mol. The molecule has 3 nitrogen and oxygen atoms in total. The molecule has 0 bridgehead atoms. The van der Waals surface area contributed by atoms with Crippen LogP contribution in [0.5, 0.6) is 5.75 Å². The Morgan fingerprint density at radius 1 is 1.50 bits per heavy atom. The summed E-state index contributed by atoms with van der Waals surface area (Å²) >= 11 is 5.81. The Balaban J connectivity index is 2.25. The summed E-state index contributed by atoms with van der Waals surface area (Å²) in [7, 11) is 1.50. The van der Waals surface area contributed by atoms with Crippen LogP contribution in [0.2, 0.25) is 5.28 Å². The van der Waals surface area contributed by atoms with Gasteiger partial charge in [-0.25, -0.2) is 9.37 Å². The number of methoxy groups -OCH3 is 1. The van der Waals surface area contributed by atoms with Gasteiger partial charge in [-0.05, 0) is 17.7 Å². The smallest absolute Gasteiger partial charge is 0.202 e. The van der Waals surface area contributed by atoms with Crippen LogP contribution in [0, 0.1) is 5.82 Å². The Hall–Kier alpha value is -1.55. The number of rotatable bonds is 3. The molecule has 0 aliphatic carbocycles. The maximum Gasteiger partial charge on any atom is 0.202 e. The monoisotopic (exact) mass is 240 g/mol. The Kier molecular flexibility index (Phi) is 3.10. The van der Waals surface area contributed by atoms with E-state index >= 15 is 0 Å². The number of hydrogen-bond acceptors (Lipinski definition) is 2. The van der Waals surface area contributed by atoms with Crippen molar-refractivity contribution in [3.8, 4) is 5.75 Å². The van der Waals surface area contributed by atoms with Gasteiger partial charge in [0.1, 0.15) is 11.6 Å². The summed E-state index contributed by atoms with van der Waals surface area (Å²) in [5.41, 5.74) is 0.542. The van der Waals surface area contributed by atoms with Crippen LogP contribution in [0.1, 0.15) is 5.56 Å². The number of nitrogens with zero attached hydrogens (tertiary/aromatic N) is 2. The van der Waals surface area contributed by atoms with Gasteiger partial charge in [0.2, 0.25) is 5.28 Å². The highest BCUT2D eigenvalue weighted by atomic mass is 35.5. The van der Waals surface area contributed by atoms with Gasteiger partial charge in [0, 0.05) is 24.0 Å². The topological polar surface area (TPSA) is 27.1 Å². The van der Waals surface area contributed by atoms with E-state index in [4.69, 9.17) is 16.3 Å². The van der Waals surface area contributed by atoms with E-state index in [9.17, 15) is 4.39 Å². The zero-order valence-corrected chi connectivity index (χ0v) is 9.41. The standard InChI is InChI=1S/C11H10ClFN2O/c1-16-9-3-2-8(10(13)6-9)7-15-5-4-14-11(15)12/h2-6H,7H2,1H3. The van der Waals surface area contributed by atoms with Crippen molar-refractivity contribution >= 4 is 11.6 Å². The highest BCUT2D eigenvalue weighted by Crippen LogP contribution is 2.18. The first-order valence-electron chi connectivity index (χ1n) is 4.70. The summed E-state index contributed by atoms with van der Waals surface area (Å²) in [5, 5.41) is 0.343. The lowest BCUT2D eigenvalue weighted by atomic mass is 10.2. The van der Waals surface area contributed by atoms with E-state index < -0.39 is 0 Å². The third-order valence-corrected chi connectivity index (χ3v) is 2.58. The molecule has 0 aliphatic heterocycles. The van der Waals surface area contributed by atoms with Crippen LogP contribution in [-0.4, -0.2) is 16.7 Å². The third kappa shape index (κ3) is 2.17. The number of benzene rings is 1. The molecule has 1 heterocycles. The van der Waals surface area contributed by atoms with Crippen LogP contribution in [-0.2, 0) is 6.54 Å². The lowest BCUT2D eigenvalue weighted by Crippen LogP contribution is -2.01. The second-order valence-electron chi connectivity index (χ2n) is 3.28. The van der Waals surface area contributed by atoms with Crippen LogP contribution in [0.25, 0.3) is 0 Å². The van der Waals surface area contributed by atoms with Gasteiger partial charge in [-0.1, -0.05) is 6.07 Å². The molecule has 5 heteroatoms. The lowest BCUT2D eigenvalue weighted by molar-refractivity contribution is 0.410. The molecule has 0 spiro atoms. The fourth-order valence-electron chi connectivity index (χ4n) is 1.40. The van der Waals surface area contributed by atoms with Gasteiger partial charge in [-0.3, -0.25) is 0 Å². The van der Waals surface area contributed by atoms with Gasteiger partial charge in [-0.15, -0.1) is 0 Å². The summed E-state index contributed by atoms with van der Waals surface area (Å²) in [6.07, 6.45) is 3.27. The highest BCUT2D eigenvalue weighted by molar-refractivity contribution is 6.28. The predicted molar refractivity (Wildman–Crippen MR) is 59.3 cm³/mol. The minimum Gasteiger partial charge on any atom is -0.497 e. The van der Waals surface area contributed by atoms with Crippen LogP contribution in [0.4, 0.5) is 4.39 Å². The van der Waals surface area contributed by atoms with Crippen molar-refractivity contribution in [2.24, 2.45) is 0 Å². The predicted octanol–water partition coefficient (Wildman–Crippen LogP) is 2.73. The summed E-state index contributed by atoms with van der Waals surface area (Å²) in [5.74, 6) is 0.182. The first-order chi connectivity index (χ1) is 7.70. The fourth-order valence-corrected chi connectivity index (χ4v) is 1.57. The molecule has 0 aliphatic rings. The maximum absolute atomic E-state index is 13.6. The molecule has 1 aromatic heterocycles. The van der Waals surface area contributed by atoms with Gasteiger partial charge >= 0.3 is 0 Å². The van der Waals surface area contributed by atoms with Crippen molar-refractivity contribution in [3.63, 3.8) is 0 Å². The Morgan fingerprint density at radius 2 is 2.31 bits per heavy atom. The minimum atomic E-state index is -0.316. The van der Waals surface area contributed by atoms with Crippen molar-refractivity contribution in [3.05, 3.63) is 47.3 Å². The summed E-state index contributed by atoms with van der Waals surface area (Å²) < 4.78 is 20.2. The van der Waals surface area contributed by atoms with E-state index in [1.165, 1.54) is 13.2 Å². The molecule has 0 amide bonds. The van der Waals surface area contributed by atoms with E-state index in [0.29, 0.717) is 23.1 Å². The quantitative estimate of drug-likeness (QED) is 0.825. The average Bonchev–Trinajstić information content (AvgIpc) is 2.67. The van der Waals surface area contributed by atoms with Gasteiger partial charge < -0.3 is 9.30 Å². The molecule has 0 saturated carbocycles. The molecular formula is C11H10ClFN2O. The molecule has 0 fully saturated rings. The zero-order chi connectivity index (χ0) is 11.5. The van der Waals surface area contributed by atoms with Crippen molar-refractivity contribution in [2.45, 2.75) is 6.54 Å². The molecule has 0 N–H and O–H groups in total. The lowest BCUT2D eigenvalue weighted by Gasteiger charge is -2.07. The van der Waals surface area contributed by atoms with Crippen LogP contribution >= 0.6 is 11.6 Å². The number of imidazole rings is 1. The normalized spacial score (nSPS) is 10.4. The molecule has 84 valence electrons. The molecule has 0 saturated heterocycles. The number of hydrogen-bond donors (Lipinski definition) is 0. The summed E-state index contributed by atoms with van der Waals surface area (Å²) in [6.45, 7) is 0.356. The van der Waals surface area contributed by atoms with Gasteiger partial charge in [0.05, 0.1) is 13.7 Å². The average molecular weight is 241 g/mol. The molecule has 0 unspecified atom stereocenters. The molecule has 0 radical (unpaired) electrons. The third-order valence-electron chi connectivity index (χ3n) is 2.27.